The molecule has 2 rings (SSSR count). The normalized spacial score (nSPS) is 23.6. The molecule has 1 heterocycles. The summed E-state index contributed by atoms with van der Waals surface area (Å²) in [6.07, 6.45) is 1.51. The van der Waals surface area contributed by atoms with Crippen LogP contribution in [0.1, 0.15) is 41.7 Å². The first-order chi connectivity index (χ1) is 8.58. The number of carbonyl (C=O) groups excluding carboxylic acids is 1. The molecule has 1 aliphatic heterocycles. The number of hydrogen-bond donors (Lipinski definition) is 2. The Kier molecular flexibility index (Phi) is 3.77. The molecule has 96 valence electrons. The van der Waals surface area contributed by atoms with Gasteiger partial charge in [-0.3, -0.25) is 9.59 Å². The second-order valence-electron chi connectivity index (χ2n) is 4.75. The number of ketones is 1. The van der Waals surface area contributed by atoms with E-state index in [0.717, 1.165) is 12.0 Å². The number of carboxylic acid groups (broad SMARTS) is 1. The molecule has 4 heteroatoms. The Labute approximate surface area is 106 Å². The summed E-state index contributed by atoms with van der Waals surface area (Å²) in [7, 11) is 0. The van der Waals surface area contributed by atoms with Crippen LogP contribution in [0.25, 0.3) is 0 Å². The first kappa shape index (κ1) is 12.8. The Hall–Kier alpha value is -1.68. The van der Waals surface area contributed by atoms with Gasteiger partial charge in [-0.1, -0.05) is 24.3 Å². The first-order valence-corrected chi connectivity index (χ1v) is 6.15. The number of hydrogen-bond acceptors (Lipinski definition) is 3. The van der Waals surface area contributed by atoms with Gasteiger partial charge in [0, 0.05) is 18.2 Å². The molecule has 4 nitrogen and oxygen atoms in total. The molecule has 2 unspecified atom stereocenters. The Morgan fingerprint density at radius 3 is 2.33 bits per heavy atom. The van der Waals surface area contributed by atoms with E-state index in [0.29, 0.717) is 18.5 Å². The molecule has 2 atom stereocenters. The molecule has 1 aromatic carbocycles. The molecule has 0 saturated carbocycles. The van der Waals surface area contributed by atoms with Crippen LogP contribution in [0.5, 0.6) is 0 Å². The van der Waals surface area contributed by atoms with E-state index in [9.17, 15) is 9.59 Å². The summed E-state index contributed by atoms with van der Waals surface area (Å²) >= 11 is 0. The summed E-state index contributed by atoms with van der Waals surface area (Å²) in [5, 5.41) is 12.2. The van der Waals surface area contributed by atoms with Gasteiger partial charge in [-0.25, -0.2) is 0 Å². The minimum absolute atomic E-state index is 0.0593. The second kappa shape index (κ2) is 5.31. The lowest BCUT2D eigenvalue weighted by Gasteiger charge is -2.28. The average Bonchev–Trinajstić information content (AvgIpc) is 2.39. The van der Waals surface area contributed by atoms with Crippen molar-refractivity contribution in [3.63, 3.8) is 0 Å². The van der Waals surface area contributed by atoms with Crippen LogP contribution < -0.4 is 5.32 Å². The first-order valence-electron chi connectivity index (χ1n) is 6.15. The lowest BCUT2D eigenvalue weighted by molar-refractivity contribution is -0.142. The standard InChI is InChI=1S/C14H17NO3/c1-9(16)10-2-4-11(5-3-10)13-7-6-12(8-15-13)14(17)18/h2-5,12-13,15H,6-8H2,1H3,(H,17,18). The van der Waals surface area contributed by atoms with Gasteiger partial charge in [0.15, 0.2) is 5.78 Å². The highest BCUT2D eigenvalue weighted by Gasteiger charge is 2.26. The summed E-state index contributed by atoms with van der Waals surface area (Å²) < 4.78 is 0. The zero-order chi connectivity index (χ0) is 13.1. The van der Waals surface area contributed by atoms with E-state index in [-0.39, 0.29) is 17.7 Å². The van der Waals surface area contributed by atoms with Crippen molar-refractivity contribution in [1.29, 1.82) is 0 Å². The highest BCUT2D eigenvalue weighted by molar-refractivity contribution is 5.94. The Bertz CT molecular complexity index is 445. The third kappa shape index (κ3) is 2.76. The fourth-order valence-electron chi connectivity index (χ4n) is 2.30. The lowest BCUT2D eigenvalue weighted by atomic mass is 9.90. The van der Waals surface area contributed by atoms with Gasteiger partial charge in [0.05, 0.1) is 5.92 Å². The van der Waals surface area contributed by atoms with Crippen molar-refractivity contribution in [2.24, 2.45) is 5.92 Å². The molecular weight excluding hydrogens is 230 g/mol. The van der Waals surface area contributed by atoms with Crippen LogP contribution in [0.2, 0.25) is 0 Å². The number of piperidine rings is 1. The van der Waals surface area contributed by atoms with E-state index in [1.807, 2.05) is 24.3 Å². The van der Waals surface area contributed by atoms with Gasteiger partial charge < -0.3 is 10.4 Å². The van der Waals surface area contributed by atoms with Gasteiger partial charge in [0.1, 0.15) is 0 Å². The zero-order valence-corrected chi connectivity index (χ0v) is 10.3. The van der Waals surface area contributed by atoms with Gasteiger partial charge in [0.2, 0.25) is 0 Å². The Morgan fingerprint density at radius 1 is 1.22 bits per heavy atom. The van der Waals surface area contributed by atoms with Crippen molar-refractivity contribution >= 4 is 11.8 Å². The zero-order valence-electron chi connectivity index (χ0n) is 10.3. The van der Waals surface area contributed by atoms with Crippen LogP contribution in [-0.4, -0.2) is 23.4 Å². The van der Waals surface area contributed by atoms with Crippen LogP contribution in [0.15, 0.2) is 24.3 Å². The highest BCUT2D eigenvalue weighted by Crippen LogP contribution is 2.26. The van der Waals surface area contributed by atoms with Gasteiger partial charge >= 0.3 is 5.97 Å². The third-order valence-corrected chi connectivity index (χ3v) is 3.48. The smallest absolute Gasteiger partial charge is 0.307 e. The highest BCUT2D eigenvalue weighted by atomic mass is 16.4. The summed E-state index contributed by atoms with van der Waals surface area (Å²) in [5.41, 5.74) is 1.82. The summed E-state index contributed by atoms with van der Waals surface area (Å²) in [6, 6.07) is 7.72. The van der Waals surface area contributed by atoms with Gasteiger partial charge in [-0.15, -0.1) is 0 Å². The largest absolute Gasteiger partial charge is 0.481 e. The predicted octanol–water partition coefficient (Wildman–Crippen LogP) is 2.01. The minimum atomic E-state index is -0.729. The van der Waals surface area contributed by atoms with E-state index in [1.54, 1.807) is 6.92 Å². The predicted molar refractivity (Wildman–Crippen MR) is 67.6 cm³/mol. The number of nitrogens with one attached hydrogen (secondary N) is 1. The SMILES string of the molecule is CC(=O)c1ccc(C2CCC(C(=O)O)CN2)cc1. The van der Waals surface area contributed by atoms with Gasteiger partial charge in [-0.05, 0) is 25.3 Å². The van der Waals surface area contributed by atoms with E-state index >= 15 is 0 Å². The summed E-state index contributed by atoms with van der Waals surface area (Å²) in [5.74, 6) is -0.949. The monoisotopic (exact) mass is 247 g/mol. The molecular formula is C14H17NO3. The maximum absolute atomic E-state index is 11.2. The fourth-order valence-corrected chi connectivity index (χ4v) is 2.30. The molecule has 0 spiro atoms. The topological polar surface area (TPSA) is 66.4 Å². The third-order valence-electron chi connectivity index (χ3n) is 3.48. The molecule has 1 aliphatic rings. The maximum atomic E-state index is 11.2. The Balaban J connectivity index is 2.01. The van der Waals surface area contributed by atoms with Crippen molar-refractivity contribution in [1.82, 2.24) is 5.32 Å². The van der Waals surface area contributed by atoms with Gasteiger partial charge in [0.25, 0.3) is 0 Å². The van der Waals surface area contributed by atoms with Crippen molar-refractivity contribution in [3.8, 4) is 0 Å². The minimum Gasteiger partial charge on any atom is -0.481 e. The number of Topliss-reactive ketones (excluding diaryl/α,β-unsaturated/α-hetero) is 1. The van der Waals surface area contributed by atoms with Crippen molar-refractivity contribution < 1.29 is 14.7 Å². The molecule has 2 N–H and O–H groups in total. The molecule has 0 amide bonds. The second-order valence-corrected chi connectivity index (χ2v) is 4.75. The lowest BCUT2D eigenvalue weighted by Crippen LogP contribution is -2.36. The van der Waals surface area contributed by atoms with Crippen molar-refractivity contribution in [2.45, 2.75) is 25.8 Å². The molecule has 0 aliphatic carbocycles. The van der Waals surface area contributed by atoms with Crippen LogP contribution >= 0.6 is 0 Å². The van der Waals surface area contributed by atoms with Crippen LogP contribution in [-0.2, 0) is 4.79 Å². The molecule has 0 aromatic heterocycles. The Morgan fingerprint density at radius 2 is 1.89 bits per heavy atom. The average molecular weight is 247 g/mol. The fraction of sp³-hybridized carbons (Fsp3) is 0.429. The quantitative estimate of drug-likeness (QED) is 0.802. The van der Waals surface area contributed by atoms with Crippen LogP contribution in [0.4, 0.5) is 0 Å². The van der Waals surface area contributed by atoms with Crippen LogP contribution in [0, 0.1) is 5.92 Å². The van der Waals surface area contributed by atoms with Crippen LogP contribution in [0.3, 0.4) is 0 Å². The van der Waals surface area contributed by atoms with E-state index in [1.165, 1.54) is 0 Å². The van der Waals surface area contributed by atoms with E-state index in [4.69, 9.17) is 5.11 Å². The summed E-state index contributed by atoms with van der Waals surface area (Å²) in [4.78, 5) is 22.0. The van der Waals surface area contributed by atoms with E-state index < -0.39 is 5.97 Å². The van der Waals surface area contributed by atoms with Crippen molar-refractivity contribution in [3.05, 3.63) is 35.4 Å². The van der Waals surface area contributed by atoms with E-state index in [2.05, 4.69) is 5.32 Å². The molecule has 1 saturated heterocycles. The molecule has 0 bridgehead atoms. The molecule has 0 radical (unpaired) electrons. The number of carbonyl (C=O) groups is 2. The molecule has 18 heavy (non-hydrogen) atoms. The van der Waals surface area contributed by atoms with Gasteiger partial charge in [-0.2, -0.15) is 0 Å². The maximum Gasteiger partial charge on any atom is 0.307 e. The number of benzene rings is 1. The molecule has 1 fully saturated rings. The number of rotatable bonds is 3. The number of carboxylic acids is 1. The summed E-state index contributed by atoms with van der Waals surface area (Å²) in [6.45, 7) is 2.06. The van der Waals surface area contributed by atoms with Crippen molar-refractivity contribution in [2.75, 3.05) is 6.54 Å². The number of aliphatic carboxylic acids is 1. The molecule has 1 aromatic rings.